The monoisotopic (exact) mass is 381 g/mol. The number of alkyl halides is 1. The van der Waals surface area contributed by atoms with Crippen molar-refractivity contribution < 1.29 is 0 Å². The Morgan fingerprint density at radius 3 is 2.48 bits per heavy atom. The highest BCUT2D eigenvalue weighted by Crippen LogP contribution is 2.31. The third kappa shape index (κ3) is 2.84. The van der Waals surface area contributed by atoms with Gasteiger partial charge in [0.1, 0.15) is 0 Å². The van der Waals surface area contributed by atoms with E-state index in [1.807, 2.05) is 53.1 Å². The largest absolute Gasteiger partial charge is 0.278 e. The molecule has 0 aliphatic heterocycles. The first-order chi connectivity index (χ1) is 10.2. The minimum atomic E-state index is 0.274. The number of para-hydroxylation sites is 1. The second kappa shape index (κ2) is 6.18. The summed E-state index contributed by atoms with van der Waals surface area (Å²) in [6.45, 7) is 0. The fraction of sp³-hybridized carbons (Fsp3) is 0.0667. The Labute approximate surface area is 140 Å². The molecule has 3 aromatic rings. The van der Waals surface area contributed by atoms with Gasteiger partial charge in [0.05, 0.1) is 10.9 Å². The van der Waals surface area contributed by atoms with Gasteiger partial charge in [0, 0.05) is 15.7 Å². The first-order valence-electron chi connectivity index (χ1n) is 6.22. The average Bonchev–Trinajstić information content (AvgIpc) is 2.92. The zero-order valence-corrected chi connectivity index (χ0v) is 13.9. The van der Waals surface area contributed by atoms with Gasteiger partial charge in [-0.25, -0.2) is 0 Å². The second-order valence-corrected chi connectivity index (χ2v) is 5.96. The van der Waals surface area contributed by atoms with Gasteiger partial charge in [-0.2, -0.15) is 0 Å². The van der Waals surface area contributed by atoms with Crippen LogP contribution in [0.5, 0.6) is 0 Å². The van der Waals surface area contributed by atoms with E-state index in [4.69, 9.17) is 23.2 Å². The van der Waals surface area contributed by atoms with Crippen LogP contribution in [0.15, 0.2) is 53.0 Å². The van der Waals surface area contributed by atoms with Gasteiger partial charge in [0.25, 0.3) is 0 Å². The molecule has 6 heteroatoms. The first kappa shape index (κ1) is 14.6. The van der Waals surface area contributed by atoms with Crippen molar-refractivity contribution >= 4 is 39.1 Å². The van der Waals surface area contributed by atoms with E-state index in [0.717, 1.165) is 15.7 Å². The number of nitrogens with zero attached hydrogens (tertiary/aromatic N) is 3. The summed E-state index contributed by atoms with van der Waals surface area (Å²) in [5.74, 6) is 1.63. The summed E-state index contributed by atoms with van der Waals surface area (Å²) in [6, 6.07) is 15.5. The Morgan fingerprint density at radius 1 is 1.05 bits per heavy atom. The zero-order valence-electron chi connectivity index (χ0n) is 10.8. The Bertz CT molecular complexity index is 772. The molecule has 3 rings (SSSR count). The lowest BCUT2D eigenvalue weighted by Gasteiger charge is -2.10. The van der Waals surface area contributed by atoms with Gasteiger partial charge >= 0.3 is 0 Å². The smallest absolute Gasteiger partial charge is 0.170 e. The van der Waals surface area contributed by atoms with Crippen LogP contribution in [-0.4, -0.2) is 14.8 Å². The molecule has 0 N–H and O–H groups in total. The van der Waals surface area contributed by atoms with Crippen LogP contribution < -0.4 is 0 Å². The van der Waals surface area contributed by atoms with Gasteiger partial charge in [-0.15, -0.1) is 21.8 Å². The normalized spacial score (nSPS) is 10.8. The van der Waals surface area contributed by atoms with E-state index in [1.165, 1.54) is 0 Å². The standard InChI is InChI=1S/C15H10BrCl2N3/c16-10-6-7-12(13(18)8-10)15-20-19-14(9-17)21(15)11-4-2-1-3-5-11/h1-8H,9H2. The van der Waals surface area contributed by atoms with Crippen LogP contribution in [0.1, 0.15) is 5.82 Å². The molecule has 1 heterocycles. The number of hydrogen-bond donors (Lipinski definition) is 0. The van der Waals surface area contributed by atoms with Gasteiger partial charge in [-0.3, -0.25) is 4.57 Å². The number of aromatic nitrogens is 3. The molecule has 0 saturated heterocycles. The molecule has 0 fully saturated rings. The topological polar surface area (TPSA) is 30.7 Å². The lowest BCUT2D eigenvalue weighted by Crippen LogP contribution is -2.01. The highest BCUT2D eigenvalue weighted by molar-refractivity contribution is 9.10. The van der Waals surface area contributed by atoms with Crippen molar-refractivity contribution in [1.29, 1.82) is 0 Å². The quantitative estimate of drug-likeness (QED) is 0.590. The molecule has 0 aliphatic carbocycles. The number of benzene rings is 2. The molecule has 3 nitrogen and oxygen atoms in total. The molecule has 1 aromatic heterocycles. The lowest BCUT2D eigenvalue weighted by atomic mass is 10.2. The van der Waals surface area contributed by atoms with E-state index in [2.05, 4.69) is 26.1 Å². The van der Waals surface area contributed by atoms with Crippen molar-refractivity contribution in [3.63, 3.8) is 0 Å². The molecule has 0 atom stereocenters. The van der Waals surface area contributed by atoms with Crippen LogP contribution in [0.2, 0.25) is 5.02 Å². The summed E-state index contributed by atoms with van der Waals surface area (Å²) in [5.41, 5.74) is 1.76. The van der Waals surface area contributed by atoms with Crippen molar-refractivity contribution in [1.82, 2.24) is 14.8 Å². The molecule has 0 unspecified atom stereocenters. The number of halogens is 3. The number of hydrogen-bond acceptors (Lipinski definition) is 2. The molecular weight excluding hydrogens is 373 g/mol. The molecule has 0 saturated carbocycles. The third-order valence-electron chi connectivity index (χ3n) is 3.04. The summed E-state index contributed by atoms with van der Waals surface area (Å²) in [4.78, 5) is 0. The molecule has 0 radical (unpaired) electrons. The molecule has 106 valence electrons. The maximum absolute atomic E-state index is 6.33. The predicted molar refractivity (Wildman–Crippen MR) is 89.1 cm³/mol. The Hall–Kier alpha value is -1.36. The summed E-state index contributed by atoms with van der Waals surface area (Å²) in [5, 5.41) is 9.02. The molecule has 0 aliphatic rings. The predicted octanol–water partition coefficient (Wildman–Crippen LogP) is 5.09. The van der Waals surface area contributed by atoms with Crippen LogP contribution in [0.4, 0.5) is 0 Å². The fourth-order valence-electron chi connectivity index (χ4n) is 2.10. The van der Waals surface area contributed by atoms with Crippen molar-refractivity contribution in [3.05, 3.63) is 63.9 Å². The maximum atomic E-state index is 6.33. The van der Waals surface area contributed by atoms with Crippen LogP contribution in [-0.2, 0) is 5.88 Å². The lowest BCUT2D eigenvalue weighted by molar-refractivity contribution is 0.953. The van der Waals surface area contributed by atoms with E-state index < -0.39 is 0 Å². The summed E-state index contributed by atoms with van der Waals surface area (Å²) < 4.78 is 2.84. The fourth-order valence-corrected chi connectivity index (χ4v) is 3.03. The first-order valence-corrected chi connectivity index (χ1v) is 7.92. The van der Waals surface area contributed by atoms with Gasteiger partial charge < -0.3 is 0 Å². The summed E-state index contributed by atoms with van der Waals surface area (Å²) in [6.07, 6.45) is 0. The van der Waals surface area contributed by atoms with Crippen molar-refractivity contribution in [2.24, 2.45) is 0 Å². The second-order valence-electron chi connectivity index (χ2n) is 4.37. The highest BCUT2D eigenvalue weighted by atomic mass is 79.9. The average molecular weight is 383 g/mol. The number of rotatable bonds is 3. The zero-order chi connectivity index (χ0) is 14.8. The van der Waals surface area contributed by atoms with Crippen LogP contribution >= 0.6 is 39.1 Å². The Morgan fingerprint density at radius 2 is 1.81 bits per heavy atom. The minimum absolute atomic E-state index is 0.274. The molecule has 0 bridgehead atoms. The highest BCUT2D eigenvalue weighted by Gasteiger charge is 2.17. The Kier molecular flexibility index (Phi) is 4.29. The van der Waals surface area contributed by atoms with Crippen molar-refractivity contribution in [3.8, 4) is 17.1 Å². The van der Waals surface area contributed by atoms with Crippen LogP contribution in [0.3, 0.4) is 0 Å². The van der Waals surface area contributed by atoms with Crippen molar-refractivity contribution in [2.75, 3.05) is 0 Å². The molecule has 2 aromatic carbocycles. The SMILES string of the molecule is ClCc1nnc(-c2ccc(Br)cc2Cl)n1-c1ccccc1. The molecule has 0 spiro atoms. The van der Waals surface area contributed by atoms with Crippen molar-refractivity contribution in [2.45, 2.75) is 5.88 Å². The summed E-state index contributed by atoms with van der Waals surface area (Å²) in [7, 11) is 0. The van der Waals surface area contributed by atoms with Gasteiger partial charge in [-0.1, -0.05) is 45.7 Å². The van der Waals surface area contributed by atoms with Gasteiger partial charge in [0.2, 0.25) is 0 Å². The van der Waals surface area contributed by atoms with E-state index in [9.17, 15) is 0 Å². The van der Waals surface area contributed by atoms with Crippen LogP contribution in [0.25, 0.3) is 17.1 Å². The molecule has 0 amide bonds. The third-order valence-corrected chi connectivity index (χ3v) is 4.08. The van der Waals surface area contributed by atoms with Crippen LogP contribution in [0, 0.1) is 0 Å². The van der Waals surface area contributed by atoms with E-state index in [1.54, 1.807) is 0 Å². The minimum Gasteiger partial charge on any atom is -0.278 e. The molecule has 21 heavy (non-hydrogen) atoms. The van der Waals surface area contributed by atoms with Gasteiger partial charge in [0.15, 0.2) is 11.6 Å². The maximum Gasteiger partial charge on any atom is 0.170 e. The Balaban J connectivity index is 2.22. The molecular formula is C15H10BrCl2N3. The van der Waals surface area contributed by atoms with E-state index in [0.29, 0.717) is 16.7 Å². The van der Waals surface area contributed by atoms with Gasteiger partial charge in [-0.05, 0) is 30.3 Å². The van der Waals surface area contributed by atoms with E-state index in [-0.39, 0.29) is 5.88 Å². The van der Waals surface area contributed by atoms with E-state index >= 15 is 0 Å². The summed E-state index contributed by atoms with van der Waals surface area (Å²) >= 11 is 15.7.